The van der Waals surface area contributed by atoms with Gasteiger partial charge in [0.15, 0.2) is 56.6 Å². The van der Waals surface area contributed by atoms with E-state index in [0.717, 1.165) is 48.5 Å². The third-order valence-electron chi connectivity index (χ3n) is 24.7. The van der Waals surface area contributed by atoms with Crippen molar-refractivity contribution in [3.63, 3.8) is 0 Å². The van der Waals surface area contributed by atoms with Crippen molar-refractivity contribution in [1.82, 2.24) is 37.2 Å². The summed E-state index contributed by atoms with van der Waals surface area (Å²) in [5.41, 5.74) is 0. The summed E-state index contributed by atoms with van der Waals surface area (Å²) in [5, 5.41) is 322. The second-order valence-electron chi connectivity index (χ2n) is 34.6. The molecule has 0 bridgehead atoms. The van der Waals surface area contributed by atoms with E-state index < -0.39 is 432 Å². The summed E-state index contributed by atoms with van der Waals surface area (Å²) in [7, 11) is 0. The number of aliphatic hydroxyl groups excluding tert-OH is 26. The zero-order valence-corrected chi connectivity index (χ0v) is 74.7. The van der Waals surface area contributed by atoms with Gasteiger partial charge in [0.2, 0.25) is 41.4 Å². The molecule has 10 heterocycles. The Bertz CT molecular complexity index is 3950. The number of carboxylic acids is 1. The first-order valence-corrected chi connectivity index (χ1v) is 43.7. The molecule has 0 saturated carbocycles. The van der Waals surface area contributed by atoms with Crippen LogP contribution in [0.1, 0.15) is 54.9 Å². The summed E-state index contributed by atoms with van der Waals surface area (Å²) in [4.78, 5) is 103. The van der Waals surface area contributed by atoms with Gasteiger partial charge in [0.1, 0.15) is 238 Å². The number of aliphatic hydroxyl groups is 26. The largest absolute Gasteiger partial charge is 0.477 e. The normalized spacial score (nSPS) is 45.6. The summed E-state index contributed by atoms with van der Waals surface area (Å²) >= 11 is 0. The van der Waals surface area contributed by atoms with Crippen LogP contribution in [-0.4, -0.2) is 563 Å². The minimum absolute atomic E-state index is 0.819. The highest BCUT2D eigenvalue weighted by molar-refractivity contribution is 5.77. The van der Waals surface area contributed by atoms with Crippen LogP contribution in [-0.2, 0) is 128 Å². The van der Waals surface area contributed by atoms with Crippen molar-refractivity contribution >= 4 is 47.3 Å². The van der Waals surface area contributed by atoms with Crippen LogP contribution < -0.4 is 37.2 Å². The van der Waals surface area contributed by atoms with E-state index in [1.807, 2.05) is 0 Å². The molecule has 10 saturated heterocycles. The van der Waals surface area contributed by atoms with Gasteiger partial charge >= 0.3 is 5.97 Å². The van der Waals surface area contributed by atoms with E-state index in [1.165, 1.54) is 0 Å². The maximum absolute atomic E-state index is 13.4. The maximum atomic E-state index is 13.4. The lowest BCUT2D eigenvalue weighted by molar-refractivity contribution is -0.398. The minimum atomic E-state index is -3.13. The predicted octanol–water partition coefficient (Wildman–Crippen LogP) is -22.6. The number of amides is 7. The summed E-state index contributed by atoms with van der Waals surface area (Å²) in [6.45, 7) is -5.30. The van der Waals surface area contributed by atoms with Crippen LogP contribution in [0, 0.1) is 0 Å². The number of carbonyl (C=O) groups is 8. The summed E-state index contributed by atoms with van der Waals surface area (Å²) in [5.74, 6) is -11.7. The van der Waals surface area contributed by atoms with Crippen molar-refractivity contribution in [3.8, 4) is 0 Å². The lowest BCUT2D eigenvalue weighted by Gasteiger charge is -2.51. The number of hydrogen-bond donors (Lipinski definition) is 34. The number of carboxylic acid groups (broad SMARTS) is 1. The lowest BCUT2D eigenvalue weighted by atomic mass is 9.88. The Hall–Kier alpha value is -6.04. The Kier molecular flexibility index (Phi) is 41.0. The number of hydrogen-bond acceptors (Lipinski definition) is 53. The molecule has 0 unspecified atom stereocenters. The second kappa shape index (κ2) is 49.7. The molecule has 51 atom stereocenters. The average Bonchev–Trinajstić information content (AvgIpc) is 0.412. The molecule has 61 nitrogen and oxygen atoms in total. The molecule has 61 heteroatoms. The molecule has 10 fully saturated rings. The number of rotatable bonds is 38. The van der Waals surface area contributed by atoms with Gasteiger partial charge in [-0.3, -0.25) is 33.6 Å². The smallest absolute Gasteiger partial charge is 0.364 e. The van der Waals surface area contributed by atoms with Crippen molar-refractivity contribution in [2.45, 2.75) is 367 Å². The predicted molar refractivity (Wildman–Crippen MR) is 428 cm³/mol. The third kappa shape index (κ3) is 25.9. The molecule has 794 valence electrons. The van der Waals surface area contributed by atoms with E-state index in [0.29, 0.717) is 0 Å². The molecule has 10 aliphatic heterocycles. The fourth-order valence-electron chi connectivity index (χ4n) is 17.7. The molecule has 34 N–H and O–H groups in total. The lowest BCUT2D eigenvalue weighted by Crippen LogP contribution is -2.71. The van der Waals surface area contributed by atoms with Crippen LogP contribution in [0.25, 0.3) is 0 Å². The number of nitrogens with one attached hydrogen (secondary N) is 7. The first-order valence-electron chi connectivity index (χ1n) is 43.7. The van der Waals surface area contributed by atoms with Gasteiger partial charge in [0, 0.05) is 54.9 Å². The van der Waals surface area contributed by atoms with Crippen molar-refractivity contribution in [2.24, 2.45) is 0 Å². The molecule has 138 heavy (non-hydrogen) atoms. The van der Waals surface area contributed by atoms with Gasteiger partial charge in [-0.2, -0.15) is 0 Å². The van der Waals surface area contributed by atoms with E-state index in [2.05, 4.69) is 37.2 Å². The Balaban J connectivity index is 0.978. The number of carbonyl (C=O) groups excluding carboxylic acids is 7. The van der Waals surface area contributed by atoms with Crippen molar-refractivity contribution in [3.05, 3.63) is 0 Å². The molecule has 7 amide bonds. The van der Waals surface area contributed by atoms with Crippen LogP contribution in [0.15, 0.2) is 0 Å². The average molecular weight is 2010 g/mol. The standard InChI is InChI=1S/C77H127N7O54/c1-19(93)78-37-26(100)8-77(76(118)119,138-63(37)44(102)27(101)9-85)121-18-36-48(106)51(109)40(81-22(4)96)69(129-36)133-61-33(15-91)128-72(43(54(61)112)84-25(7)99)137-66-57(115)47(105)30(12-88)125-75(66)135-64-49(107)35(130-73(58(64)116)134-62-34(16-92)126-70(41(55(62)113)82-23(5)97)131-59-31(13-89)122-67(117)38(52(59)110)79-20(2)94)17-120-74-65(56(114)46(104)29(11-87)124-74)136-71-42(83-24(6)98)53(111)60(32(14-90)127-71)132-68-39(80-21(3)95)50(108)45(103)28(10-86)123-68/h26-75,85-92,100-117H,8-18H2,1-7H3,(H,78,93)(H,79,94)(H,80,95)(H,81,96)(H,82,97)(H,83,98)(H,84,99)(H,118,119)/t26-,27+,28+,29+,30+,31+,32+,33+,34+,35+,36+,37+,38+,39+,40+,41+,42+,43+,44+,45-,46+,47+,48-,49+,50+,51+,52+,53+,54+,55+,56-,57-,58-,59+,60+,61+,62+,63+,64-,65-,66-,67+,68-,69-,70-,71-,72-,73-,74-,75+,77+/m0/s1. The summed E-state index contributed by atoms with van der Waals surface area (Å²) in [6, 6.07) is -13.1. The van der Waals surface area contributed by atoms with Gasteiger partial charge in [-0.05, 0) is 0 Å². The molecular weight excluding hydrogens is 1890 g/mol. The van der Waals surface area contributed by atoms with Gasteiger partial charge in [-0.1, -0.05) is 0 Å². The van der Waals surface area contributed by atoms with E-state index >= 15 is 0 Å². The minimum Gasteiger partial charge on any atom is -0.477 e. The van der Waals surface area contributed by atoms with Gasteiger partial charge < -0.3 is 265 Å². The molecule has 0 aromatic carbocycles. The molecule has 0 aromatic heterocycles. The highest BCUT2D eigenvalue weighted by Gasteiger charge is 2.64. The number of aliphatic carboxylic acids is 1. The van der Waals surface area contributed by atoms with Gasteiger partial charge in [-0.15, -0.1) is 0 Å². The Morgan fingerprint density at radius 1 is 0.297 bits per heavy atom. The Morgan fingerprint density at radius 3 is 0.957 bits per heavy atom. The van der Waals surface area contributed by atoms with Gasteiger partial charge in [0.25, 0.3) is 5.79 Å². The third-order valence-corrected chi connectivity index (χ3v) is 24.7. The quantitative estimate of drug-likeness (QED) is 0.0273. The highest BCUT2D eigenvalue weighted by atomic mass is 16.8. The van der Waals surface area contributed by atoms with Crippen LogP contribution in [0.4, 0.5) is 0 Å². The fraction of sp³-hybridized carbons (Fsp3) is 0.896. The van der Waals surface area contributed by atoms with Crippen LogP contribution in [0.5, 0.6) is 0 Å². The molecule has 10 rings (SSSR count). The monoisotopic (exact) mass is 2010 g/mol. The van der Waals surface area contributed by atoms with Crippen molar-refractivity contribution < 1.29 is 266 Å². The van der Waals surface area contributed by atoms with Crippen LogP contribution in [0.3, 0.4) is 0 Å². The Morgan fingerprint density at radius 2 is 0.580 bits per heavy atom. The van der Waals surface area contributed by atoms with Crippen molar-refractivity contribution in [1.29, 1.82) is 0 Å². The topological polar surface area (TPSA) is 942 Å². The Labute approximate surface area is 781 Å². The van der Waals surface area contributed by atoms with E-state index in [9.17, 15) is 176 Å². The molecule has 0 spiro atoms. The summed E-state index contributed by atoms with van der Waals surface area (Å²) < 4.78 is 114. The van der Waals surface area contributed by atoms with Crippen LogP contribution >= 0.6 is 0 Å². The van der Waals surface area contributed by atoms with E-state index in [1.54, 1.807) is 0 Å². The first kappa shape index (κ1) is 114. The van der Waals surface area contributed by atoms with Gasteiger partial charge in [-0.25, -0.2) is 4.79 Å². The first-order chi connectivity index (χ1) is 65.1. The zero-order valence-electron chi connectivity index (χ0n) is 74.7. The van der Waals surface area contributed by atoms with Gasteiger partial charge in [0.05, 0.1) is 78.2 Å². The molecule has 0 aliphatic carbocycles. The zero-order chi connectivity index (χ0) is 102. The SMILES string of the molecule is CC(=O)N[C@@H]1[C@@H](O)[C@H](O[C@@H]2O[C@H](CO)[C@@H](O[C@@H]3O[C@H](CO[C@H]4O[C@H](CO)[C@@H](O)[C@H](O)[C@@H]4O[C@@H]4O[C@H](CO)[C@@H](O[C@@H]5O[C@H](CO)[C@H](O)[C@H](O)[C@H]5NC(C)=O)[C@H](O)[C@H]4NC(C)=O)[C@@H](O)[C@H](O[C@H]4O[C@H](CO)[C@@H](O)[C@H](O)[C@@H]4O[C@@H]4O[C@H](CO)[C@@H](O[C@@H]5O[C@H](CO[C@]6(C(=O)O)C[C@H](O)[C@@H](NC(C)=O)[C@H]([C@H](O)[C@H](O)CO)O6)[C@H](O)[C@H](O)[C@H]5NC(C)=O)[C@H](O)[C@H]4NC(C)=O)[C@@H]3O)[C@H](O)[C@H]2NC(C)=O)[C@@H](CO)O[C@H]1O. The fourth-order valence-corrected chi connectivity index (χ4v) is 17.7. The second-order valence-corrected chi connectivity index (χ2v) is 34.6. The molecule has 0 aromatic rings. The van der Waals surface area contributed by atoms with Crippen LogP contribution in [0.2, 0.25) is 0 Å². The maximum Gasteiger partial charge on any atom is 0.364 e. The molecule has 10 aliphatic rings. The molecule has 0 radical (unpaired) electrons. The number of ether oxygens (including phenoxy) is 19. The van der Waals surface area contributed by atoms with Crippen molar-refractivity contribution in [2.75, 3.05) is 66.1 Å². The molecular formula is C77H127N7O54. The van der Waals surface area contributed by atoms with E-state index in [4.69, 9.17) is 90.0 Å². The van der Waals surface area contributed by atoms with E-state index in [-0.39, 0.29) is 0 Å². The highest BCUT2D eigenvalue weighted by Crippen LogP contribution is 2.42. The summed E-state index contributed by atoms with van der Waals surface area (Å²) in [6.07, 6.45) is -94.8.